The van der Waals surface area contributed by atoms with Crippen molar-refractivity contribution in [2.24, 2.45) is 10.9 Å². The summed E-state index contributed by atoms with van der Waals surface area (Å²) in [7, 11) is 1.78. The van der Waals surface area contributed by atoms with E-state index in [-0.39, 0.29) is 12.0 Å². The number of ether oxygens (including phenoxy) is 1. The number of likely N-dealkylation sites (tertiary alicyclic amines) is 1. The molecule has 4 rings (SSSR count). The summed E-state index contributed by atoms with van der Waals surface area (Å²) in [5.41, 5.74) is 2.24. The number of carbonyl (C=O) groups is 1. The number of hydrogen-bond acceptors (Lipinski definition) is 3. The first-order valence-electron chi connectivity index (χ1n) is 11.8. The Bertz CT molecular complexity index is 909. The van der Waals surface area contributed by atoms with Crippen molar-refractivity contribution in [3.63, 3.8) is 0 Å². The SMILES string of the molecule is CN=C(NCCOc1ccccc1-c1ccccc1)NC1CCN(C(=O)C2CCCC2)C1. The predicted molar refractivity (Wildman–Crippen MR) is 129 cm³/mol. The lowest BCUT2D eigenvalue weighted by Crippen LogP contribution is -2.46. The van der Waals surface area contributed by atoms with Crippen LogP contribution in [-0.4, -0.2) is 56.1 Å². The molecule has 6 heteroatoms. The van der Waals surface area contributed by atoms with E-state index in [1.54, 1.807) is 7.05 Å². The number of carbonyl (C=O) groups excluding carboxylic acids is 1. The predicted octanol–water partition coefficient (Wildman–Crippen LogP) is 3.69. The van der Waals surface area contributed by atoms with E-state index in [2.05, 4.69) is 33.8 Å². The lowest BCUT2D eigenvalue weighted by Gasteiger charge is -2.21. The van der Waals surface area contributed by atoms with Crippen LogP contribution in [0.15, 0.2) is 59.6 Å². The molecule has 2 aromatic rings. The van der Waals surface area contributed by atoms with Gasteiger partial charge >= 0.3 is 0 Å². The molecule has 1 aliphatic heterocycles. The van der Waals surface area contributed by atoms with Gasteiger partial charge in [0.1, 0.15) is 12.4 Å². The molecule has 2 aromatic carbocycles. The minimum Gasteiger partial charge on any atom is -0.491 e. The zero-order chi connectivity index (χ0) is 22.2. The van der Waals surface area contributed by atoms with Gasteiger partial charge in [-0.15, -0.1) is 0 Å². The van der Waals surface area contributed by atoms with Gasteiger partial charge in [0.05, 0.1) is 6.54 Å². The number of hydrogen-bond donors (Lipinski definition) is 2. The Balaban J connectivity index is 1.22. The van der Waals surface area contributed by atoms with Crippen molar-refractivity contribution in [2.45, 2.75) is 38.1 Å². The van der Waals surface area contributed by atoms with Crippen molar-refractivity contribution in [1.29, 1.82) is 0 Å². The minimum atomic E-state index is 0.242. The van der Waals surface area contributed by atoms with Crippen LogP contribution in [0, 0.1) is 5.92 Å². The van der Waals surface area contributed by atoms with Crippen molar-refractivity contribution < 1.29 is 9.53 Å². The van der Waals surface area contributed by atoms with E-state index in [0.29, 0.717) is 19.1 Å². The van der Waals surface area contributed by atoms with Crippen molar-refractivity contribution in [2.75, 3.05) is 33.3 Å². The van der Waals surface area contributed by atoms with Gasteiger partial charge in [-0.2, -0.15) is 0 Å². The molecule has 1 aliphatic carbocycles. The first kappa shape index (κ1) is 22.2. The summed E-state index contributed by atoms with van der Waals surface area (Å²) in [4.78, 5) is 19.0. The molecule has 2 aliphatic rings. The topological polar surface area (TPSA) is 66.0 Å². The van der Waals surface area contributed by atoms with Crippen LogP contribution in [0.4, 0.5) is 0 Å². The smallest absolute Gasteiger partial charge is 0.225 e. The number of amides is 1. The van der Waals surface area contributed by atoms with E-state index in [9.17, 15) is 4.79 Å². The van der Waals surface area contributed by atoms with E-state index in [4.69, 9.17) is 4.74 Å². The Hall–Kier alpha value is -3.02. The molecule has 1 heterocycles. The fraction of sp³-hybridized carbons (Fsp3) is 0.462. The van der Waals surface area contributed by atoms with Gasteiger partial charge in [0.15, 0.2) is 5.96 Å². The fourth-order valence-electron chi connectivity index (χ4n) is 4.68. The van der Waals surface area contributed by atoms with Crippen molar-refractivity contribution >= 4 is 11.9 Å². The van der Waals surface area contributed by atoms with Gasteiger partial charge in [-0.3, -0.25) is 9.79 Å². The van der Waals surface area contributed by atoms with E-state index in [0.717, 1.165) is 55.2 Å². The summed E-state index contributed by atoms with van der Waals surface area (Å²) in [5, 5.41) is 6.80. The van der Waals surface area contributed by atoms with Crippen LogP contribution in [0.25, 0.3) is 11.1 Å². The number of nitrogens with one attached hydrogen (secondary N) is 2. The molecular formula is C26H34N4O2. The van der Waals surface area contributed by atoms with E-state index >= 15 is 0 Å². The number of para-hydroxylation sites is 1. The van der Waals surface area contributed by atoms with Crippen molar-refractivity contribution in [3.8, 4) is 16.9 Å². The molecule has 1 unspecified atom stereocenters. The Morgan fingerprint density at radius 2 is 1.81 bits per heavy atom. The molecule has 1 saturated carbocycles. The number of rotatable bonds is 7. The Morgan fingerprint density at radius 1 is 1.06 bits per heavy atom. The third kappa shape index (κ3) is 5.61. The van der Waals surface area contributed by atoms with Crippen LogP contribution in [0.3, 0.4) is 0 Å². The maximum atomic E-state index is 12.7. The standard InChI is InChI=1S/C26H34N4O2/c1-27-26(29-22-15-17-30(19-22)25(31)21-11-5-6-12-21)28-16-18-32-24-14-8-7-13-23(24)20-9-3-2-4-10-20/h2-4,7-10,13-14,21-22H,5-6,11-12,15-19H2,1H3,(H2,27,28,29). The van der Waals surface area contributed by atoms with Crippen molar-refractivity contribution in [3.05, 3.63) is 54.6 Å². The normalized spacial score (nSPS) is 19.2. The quantitative estimate of drug-likeness (QED) is 0.396. The van der Waals surface area contributed by atoms with Crippen LogP contribution >= 0.6 is 0 Å². The van der Waals surface area contributed by atoms with Crippen LogP contribution in [-0.2, 0) is 4.79 Å². The Labute approximate surface area is 191 Å². The number of benzene rings is 2. The molecule has 1 amide bonds. The molecule has 32 heavy (non-hydrogen) atoms. The zero-order valence-electron chi connectivity index (χ0n) is 18.9. The minimum absolute atomic E-state index is 0.242. The Kier molecular flexibility index (Phi) is 7.64. The molecule has 1 atom stereocenters. The summed E-state index contributed by atoms with van der Waals surface area (Å²) in [6, 6.07) is 18.6. The highest BCUT2D eigenvalue weighted by molar-refractivity contribution is 5.81. The van der Waals surface area contributed by atoms with Gasteiger partial charge in [0.25, 0.3) is 0 Å². The third-order valence-electron chi connectivity index (χ3n) is 6.39. The van der Waals surface area contributed by atoms with E-state index in [1.807, 2.05) is 41.3 Å². The first-order valence-corrected chi connectivity index (χ1v) is 11.8. The fourth-order valence-corrected chi connectivity index (χ4v) is 4.68. The maximum absolute atomic E-state index is 12.7. The molecule has 1 saturated heterocycles. The highest BCUT2D eigenvalue weighted by Gasteiger charge is 2.32. The molecule has 0 aromatic heterocycles. The third-order valence-corrected chi connectivity index (χ3v) is 6.39. The number of nitrogens with zero attached hydrogens (tertiary/aromatic N) is 2. The lowest BCUT2D eigenvalue weighted by molar-refractivity contribution is -0.134. The molecule has 0 radical (unpaired) electrons. The first-order chi connectivity index (χ1) is 15.7. The highest BCUT2D eigenvalue weighted by atomic mass is 16.5. The van der Waals surface area contributed by atoms with Gasteiger partial charge < -0.3 is 20.3 Å². The molecule has 0 bridgehead atoms. The molecule has 2 fully saturated rings. The van der Waals surface area contributed by atoms with Crippen molar-refractivity contribution in [1.82, 2.24) is 15.5 Å². The summed E-state index contributed by atoms with van der Waals surface area (Å²) >= 11 is 0. The van der Waals surface area contributed by atoms with Crippen LogP contribution in [0.2, 0.25) is 0 Å². The van der Waals surface area contributed by atoms with Gasteiger partial charge in [0.2, 0.25) is 5.91 Å². The van der Waals surface area contributed by atoms with E-state index < -0.39 is 0 Å². The van der Waals surface area contributed by atoms with Gasteiger partial charge in [0, 0.05) is 37.7 Å². The Morgan fingerprint density at radius 3 is 2.59 bits per heavy atom. The van der Waals surface area contributed by atoms with Crippen LogP contribution in [0.1, 0.15) is 32.1 Å². The number of guanidine groups is 1. The second kappa shape index (κ2) is 11.0. The average molecular weight is 435 g/mol. The average Bonchev–Trinajstić information content (AvgIpc) is 3.54. The highest BCUT2D eigenvalue weighted by Crippen LogP contribution is 2.29. The zero-order valence-corrected chi connectivity index (χ0v) is 18.9. The maximum Gasteiger partial charge on any atom is 0.225 e. The molecule has 170 valence electrons. The monoisotopic (exact) mass is 434 g/mol. The molecular weight excluding hydrogens is 400 g/mol. The lowest BCUT2D eigenvalue weighted by atomic mass is 10.1. The summed E-state index contributed by atoms with van der Waals surface area (Å²) in [6.07, 6.45) is 5.47. The summed E-state index contributed by atoms with van der Waals surface area (Å²) in [6.45, 7) is 2.77. The second-order valence-electron chi connectivity index (χ2n) is 8.61. The van der Waals surface area contributed by atoms with Crippen LogP contribution < -0.4 is 15.4 Å². The van der Waals surface area contributed by atoms with Gasteiger partial charge in [-0.05, 0) is 30.9 Å². The van der Waals surface area contributed by atoms with Gasteiger partial charge in [-0.25, -0.2) is 0 Å². The van der Waals surface area contributed by atoms with E-state index in [1.165, 1.54) is 12.8 Å². The largest absolute Gasteiger partial charge is 0.491 e. The second-order valence-corrected chi connectivity index (χ2v) is 8.61. The number of aliphatic imine (C=N–C) groups is 1. The summed E-state index contributed by atoms with van der Waals surface area (Å²) in [5.74, 6) is 2.23. The van der Waals surface area contributed by atoms with Crippen LogP contribution in [0.5, 0.6) is 5.75 Å². The molecule has 0 spiro atoms. The summed E-state index contributed by atoms with van der Waals surface area (Å²) < 4.78 is 6.06. The van der Waals surface area contributed by atoms with Gasteiger partial charge in [-0.1, -0.05) is 61.4 Å². The molecule has 6 nitrogen and oxygen atoms in total. The molecule has 2 N–H and O–H groups in total.